The maximum Gasteiger partial charge on any atom is 0.176 e. The molecule has 0 aromatic heterocycles. The van der Waals surface area contributed by atoms with Crippen LogP contribution in [-0.2, 0) is 11.2 Å². The molecule has 0 N–H and O–H groups in total. The molecule has 1 aromatic rings. The van der Waals surface area contributed by atoms with E-state index in [0.29, 0.717) is 19.1 Å². The Morgan fingerprint density at radius 3 is 2.36 bits per heavy atom. The molecular weight excluding hydrogens is 358 g/mol. The van der Waals surface area contributed by atoms with E-state index >= 15 is 0 Å². The Hall–Kier alpha value is -2.10. The second-order valence-electron chi connectivity index (χ2n) is 7.49. The molecule has 0 saturated carbocycles. The van der Waals surface area contributed by atoms with Gasteiger partial charge in [-0.05, 0) is 75.1 Å². The average Bonchev–Trinajstić information content (AvgIpc) is 2.72. The number of rotatable bonds is 8. The van der Waals surface area contributed by atoms with Gasteiger partial charge in [0, 0.05) is 5.92 Å². The first-order valence-corrected chi connectivity index (χ1v) is 10.4. The standard InChI is InChI=1S/C24H30F2O2/c1-3-27-20-13-9-18(10-14-20)6-5-17-7-11-19(12-8-17)21-15-16-22(28-4-2)24(26)23(21)25/h7,9-11,13-17,19,21,23H,3-6,8,12H2,1-2H3. The van der Waals surface area contributed by atoms with Crippen LogP contribution in [0.15, 0.2) is 60.2 Å². The molecular formula is C24H30F2O2. The molecule has 3 rings (SSSR count). The van der Waals surface area contributed by atoms with Crippen molar-refractivity contribution in [3.8, 4) is 5.75 Å². The summed E-state index contributed by atoms with van der Waals surface area (Å²) in [6.45, 7) is 4.76. The van der Waals surface area contributed by atoms with Gasteiger partial charge in [0.25, 0.3) is 0 Å². The van der Waals surface area contributed by atoms with Crippen LogP contribution in [0, 0.1) is 17.8 Å². The summed E-state index contributed by atoms with van der Waals surface area (Å²) < 4.78 is 39.4. The highest BCUT2D eigenvalue weighted by Crippen LogP contribution is 2.38. The van der Waals surface area contributed by atoms with E-state index in [4.69, 9.17) is 9.47 Å². The lowest BCUT2D eigenvalue weighted by Gasteiger charge is -2.31. The van der Waals surface area contributed by atoms with Gasteiger partial charge in [-0.3, -0.25) is 0 Å². The number of aryl methyl sites for hydroxylation is 1. The van der Waals surface area contributed by atoms with Crippen LogP contribution >= 0.6 is 0 Å². The summed E-state index contributed by atoms with van der Waals surface area (Å²) in [5, 5.41) is 0. The maximum atomic E-state index is 14.5. The molecule has 152 valence electrons. The Bertz CT molecular complexity index is 721. The maximum absolute atomic E-state index is 14.5. The molecule has 2 aliphatic rings. The molecule has 4 unspecified atom stereocenters. The number of ether oxygens (including phenoxy) is 2. The second kappa shape index (κ2) is 9.90. The van der Waals surface area contributed by atoms with Crippen LogP contribution < -0.4 is 4.74 Å². The lowest BCUT2D eigenvalue weighted by molar-refractivity contribution is 0.170. The fraction of sp³-hybridized carbons (Fsp3) is 0.500. The molecule has 0 bridgehead atoms. The number of benzene rings is 1. The van der Waals surface area contributed by atoms with E-state index in [9.17, 15) is 8.78 Å². The smallest absolute Gasteiger partial charge is 0.176 e. The Morgan fingerprint density at radius 1 is 0.964 bits per heavy atom. The Balaban J connectivity index is 1.51. The van der Waals surface area contributed by atoms with Crippen molar-refractivity contribution in [2.75, 3.05) is 13.2 Å². The van der Waals surface area contributed by atoms with Crippen molar-refractivity contribution in [1.82, 2.24) is 0 Å². The third kappa shape index (κ3) is 5.03. The topological polar surface area (TPSA) is 18.5 Å². The highest BCUT2D eigenvalue weighted by Gasteiger charge is 2.35. The molecule has 0 spiro atoms. The minimum atomic E-state index is -1.61. The van der Waals surface area contributed by atoms with Gasteiger partial charge in [0.1, 0.15) is 5.75 Å². The highest BCUT2D eigenvalue weighted by atomic mass is 19.2. The van der Waals surface area contributed by atoms with E-state index < -0.39 is 17.9 Å². The third-order valence-corrected chi connectivity index (χ3v) is 5.62. The molecule has 0 fully saturated rings. The first kappa shape index (κ1) is 20.6. The van der Waals surface area contributed by atoms with Gasteiger partial charge in [-0.25, -0.2) is 8.78 Å². The Labute approximate surface area is 166 Å². The summed E-state index contributed by atoms with van der Waals surface area (Å²) in [5.74, 6) is 0.281. The van der Waals surface area contributed by atoms with Crippen molar-refractivity contribution >= 4 is 0 Å². The molecule has 0 saturated heterocycles. The third-order valence-electron chi connectivity index (χ3n) is 5.62. The number of hydrogen-bond donors (Lipinski definition) is 0. The van der Waals surface area contributed by atoms with E-state index in [2.05, 4.69) is 24.3 Å². The molecule has 2 nitrogen and oxygen atoms in total. The van der Waals surface area contributed by atoms with Gasteiger partial charge in [0.2, 0.25) is 0 Å². The monoisotopic (exact) mass is 388 g/mol. The zero-order valence-electron chi connectivity index (χ0n) is 16.7. The van der Waals surface area contributed by atoms with Crippen molar-refractivity contribution in [2.24, 2.45) is 17.8 Å². The Kier molecular flexibility index (Phi) is 7.30. The summed E-state index contributed by atoms with van der Waals surface area (Å²) in [4.78, 5) is 0. The summed E-state index contributed by atoms with van der Waals surface area (Å²) in [7, 11) is 0. The Morgan fingerprint density at radius 2 is 1.71 bits per heavy atom. The lowest BCUT2D eigenvalue weighted by Crippen LogP contribution is -2.28. The van der Waals surface area contributed by atoms with E-state index in [1.165, 1.54) is 5.56 Å². The van der Waals surface area contributed by atoms with Crippen LogP contribution in [0.2, 0.25) is 0 Å². The molecule has 0 heterocycles. The molecule has 28 heavy (non-hydrogen) atoms. The molecule has 4 atom stereocenters. The van der Waals surface area contributed by atoms with E-state index in [-0.39, 0.29) is 11.7 Å². The fourth-order valence-corrected chi connectivity index (χ4v) is 4.04. The van der Waals surface area contributed by atoms with Gasteiger partial charge in [0.15, 0.2) is 17.8 Å². The summed E-state index contributed by atoms with van der Waals surface area (Å²) >= 11 is 0. The van der Waals surface area contributed by atoms with Gasteiger partial charge in [-0.15, -0.1) is 0 Å². The van der Waals surface area contributed by atoms with Crippen molar-refractivity contribution < 1.29 is 18.3 Å². The summed E-state index contributed by atoms with van der Waals surface area (Å²) in [6, 6.07) is 8.26. The van der Waals surface area contributed by atoms with Crippen LogP contribution in [0.3, 0.4) is 0 Å². The quantitative estimate of drug-likeness (QED) is 0.484. The number of alkyl halides is 1. The van der Waals surface area contributed by atoms with Crippen LogP contribution in [-0.4, -0.2) is 19.4 Å². The van der Waals surface area contributed by atoms with Gasteiger partial charge in [-0.1, -0.05) is 30.4 Å². The largest absolute Gasteiger partial charge is 0.494 e. The number of halogens is 2. The van der Waals surface area contributed by atoms with Crippen LogP contribution in [0.25, 0.3) is 0 Å². The van der Waals surface area contributed by atoms with Crippen molar-refractivity contribution in [3.05, 3.63) is 65.7 Å². The zero-order chi connectivity index (χ0) is 19.9. The molecule has 0 aliphatic heterocycles. The minimum Gasteiger partial charge on any atom is -0.494 e. The number of allylic oxidation sites excluding steroid dienone is 5. The van der Waals surface area contributed by atoms with Gasteiger partial charge in [-0.2, -0.15) is 0 Å². The van der Waals surface area contributed by atoms with E-state index in [0.717, 1.165) is 31.4 Å². The first-order valence-electron chi connectivity index (χ1n) is 10.4. The molecule has 0 radical (unpaired) electrons. The van der Waals surface area contributed by atoms with Gasteiger partial charge < -0.3 is 9.47 Å². The first-order chi connectivity index (χ1) is 13.6. The molecule has 0 amide bonds. The zero-order valence-corrected chi connectivity index (χ0v) is 16.7. The van der Waals surface area contributed by atoms with Crippen LogP contribution in [0.4, 0.5) is 8.78 Å². The predicted octanol–water partition coefficient (Wildman–Crippen LogP) is 6.34. The fourth-order valence-electron chi connectivity index (χ4n) is 4.04. The minimum absolute atomic E-state index is 0.0410. The molecule has 2 aliphatic carbocycles. The van der Waals surface area contributed by atoms with E-state index in [1.807, 2.05) is 19.1 Å². The predicted molar refractivity (Wildman–Crippen MR) is 109 cm³/mol. The normalized spacial score (nSPS) is 27.1. The average molecular weight is 388 g/mol. The van der Waals surface area contributed by atoms with Crippen molar-refractivity contribution in [1.29, 1.82) is 0 Å². The molecule has 4 heteroatoms. The van der Waals surface area contributed by atoms with Gasteiger partial charge in [0.05, 0.1) is 13.2 Å². The second-order valence-corrected chi connectivity index (χ2v) is 7.49. The summed E-state index contributed by atoms with van der Waals surface area (Å²) in [5.41, 5.74) is 1.30. The SMILES string of the molecule is CCOC1=C(F)C(F)C(C2C=CC(CCc3ccc(OCC)cc3)CC2)C=C1. The highest BCUT2D eigenvalue weighted by molar-refractivity contribution is 5.29. The molecule has 1 aromatic carbocycles. The van der Waals surface area contributed by atoms with Crippen LogP contribution in [0.1, 0.15) is 38.7 Å². The van der Waals surface area contributed by atoms with Crippen molar-refractivity contribution in [3.63, 3.8) is 0 Å². The van der Waals surface area contributed by atoms with E-state index in [1.54, 1.807) is 19.1 Å². The number of hydrogen-bond acceptors (Lipinski definition) is 2. The summed E-state index contributed by atoms with van der Waals surface area (Å²) in [6.07, 6.45) is 10.0. The van der Waals surface area contributed by atoms with Crippen LogP contribution in [0.5, 0.6) is 5.75 Å². The van der Waals surface area contributed by atoms with Gasteiger partial charge >= 0.3 is 0 Å². The lowest BCUT2D eigenvalue weighted by atomic mass is 9.76. The van der Waals surface area contributed by atoms with Crippen molar-refractivity contribution in [2.45, 2.75) is 45.7 Å².